The summed E-state index contributed by atoms with van der Waals surface area (Å²) in [5.41, 5.74) is 3.83. The lowest BCUT2D eigenvalue weighted by molar-refractivity contribution is 0.655. The number of rotatable bonds is 6. The van der Waals surface area contributed by atoms with E-state index in [1.807, 2.05) is 10.9 Å². The number of nitrogens with zero attached hydrogens (tertiary/aromatic N) is 2. The van der Waals surface area contributed by atoms with E-state index in [1.54, 1.807) is 0 Å². The molecule has 2 heterocycles. The summed E-state index contributed by atoms with van der Waals surface area (Å²) < 4.78 is 1.96. The topological polar surface area (TPSA) is 45.6 Å². The molecule has 3 aromatic rings. The van der Waals surface area contributed by atoms with Crippen LogP contribution < -0.4 is 5.32 Å². The quantitative estimate of drug-likeness (QED) is 0.675. The molecule has 0 saturated carbocycles. The van der Waals surface area contributed by atoms with Crippen molar-refractivity contribution < 1.29 is 0 Å². The molecule has 2 aromatic heterocycles. The summed E-state index contributed by atoms with van der Waals surface area (Å²) in [5, 5.41) is 9.08. The van der Waals surface area contributed by atoms with Gasteiger partial charge in [0, 0.05) is 41.9 Å². The van der Waals surface area contributed by atoms with Gasteiger partial charge >= 0.3 is 0 Å². The monoisotopic (exact) mass is 268 g/mol. The molecule has 4 heteroatoms. The minimum Gasteiger partial charge on any atom is -0.361 e. The molecule has 3 rings (SSSR count). The van der Waals surface area contributed by atoms with Gasteiger partial charge in [-0.15, -0.1) is 0 Å². The number of aryl methyl sites for hydroxylation is 1. The molecular weight excluding hydrogens is 248 g/mol. The Morgan fingerprint density at radius 3 is 3.05 bits per heavy atom. The largest absolute Gasteiger partial charge is 0.361 e. The SMILES string of the molecule is CCn1cc(CNCCc2c[nH]c3ccccc23)cn1. The van der Waals surface area contributed by atoms with Gasteiger partial charge in [0.2, 0.25) is 0 Å². The Bertz CT molecular complexity index is 680. The minimum atomic E-state index is 0.877. The molecular formula is C16H20N4. The summed E-state index contributed by atoms with van der Waals surface area (Å²) in [6, 6.07) is 8.44. The zero-order valence-corrected chi connectivity index (χ0v) is 11.8. The fourth-order valence-corrected chi connectivity index (χ4v) is 2.46. The Morgan fingerprint density at radius 2 is 2.20 bits per heavy atom. The van der Waals surface area contributed by atoms with E-state index in [-0.39, 0.29) is 0 Å². The predicted octanol–water partition coefficient (Wildman–Crippen LogP) is 2.72. The van der Waals surface area contributed by atoms with Crippen molar-refractivity contribution in [1.29, 1.82) is 0 Å². The first-order valence-electron chi connectivity index (χ1n) is 7.14. The molecule has 104 valence electrons. The average Bonchev–Trinajstić information content (AvgIpc) is 3.10. The van der Waals surface area contributed by atoms with E-state index < -0.39 is 0 Å². The molecule has 1 aromatic carbocycles. The highest BCUT2D eigenvalue weighted by Gasteiger charge is 2.02. The summed E-state index contributed by atoms with van der Waals surface area (Å²) in [7, 11) is 0. The first-order chi connectivity index (χ1) is 9.86. The number of aromatic nitrogens is 3. The highest BCUT2D eigenvalue weighted by atomic mass is 15.3. The van der Waals surface area contributed by atoms with Crippen LogP contribution in [0.2, 0.25) is 0 Å². The summed E-state index contributed by atoms with van der Waals surface area (Å²) in [4.78, 5) is 3.32. The average molecular weight is 268 g/mol. The smallest absolute Gasteiger partial charge is 0.0534 e. The molecule has 0 saturated heterocycles. The van der Waals surface area contributed by atoms with E-state index in [0.717, 1.165) is 26.1 Å². The molecule has 0 aliphatic carbocycles. The van der Waals surface area contributed by atoms with E-state index >= 15 is 0 Å². The lowest BCUT2D eigenvalue weighted by Crippen LogP contribution is -2.16. The third-order valence-corrected chi connectivity index (χ3v) is 3.59. The van der Waals surface area contributed by atoms with Crippen LogP contribution in [0.1, 0.15) is 18.1 Å². The number of nitrogens with one attached hydrogen (secondary N) is 2. The fraction of sp³-hybridized carbons (Fsp3) is 0.312. The van der Waals surface area contributed by atoms with E-state index in [0.29, 0.717) is 0 Å². The number of hydrogen-bond acceptors (Lipinski definition) is 2. The van der Waals surface area contributed by atoms with Crippen LogP contribution >= 0.6 is 0 Å². The van der Waals surface area contributed by atoms with E-state index in [2.05, 4.69) is 59.0 Å². The van der Waals surface area contributed by atoms with Gasteiger partial charge in [0.25, 0.3) is 0 Å². The van der Waals surface area contributed by atoms with Crippen LogP contribution in [0.4, 0.5) is 0 Å². The number of hydrogen-bond donors (Lipinski definition) is 2. The molecule has 0 aliphatic rings. The number of aromatic amines is 1. The lowest BCUT2D eigenvalue weighted by atomic mass is 10.1. The van der Waals surface area contributed by atoms with Crippen molar-refractivity contribution in [3.05, 3.63) is 54.0 Å². The second-order valence-electron chi connectivity index (χ2n) is 4.99. The van der Waals surface area contributed by atoms with E-state index in [1.165, 1.54) is 22.0 Å². The first kappa shape index (κ1) is 12.9. The molecule has 0 radical (unpaired) electrons. The number of benzene rings is 1. The van der Waals surface area contributed by atoms with Crippen LogP contribution in [-0.4, -0.2) is 21.3 Å². The third-order valence-electron chi connectivity index (χ3n) is 3.59. The normalized spacial score (nSPS) is 11.2. The Balaban J connectivity index is 1.52. The van der Waals surface area contributed by atoms with Gasteiger partial charge in [-0.3, -0.25) is 4.68 Å². The van der Waals surface area contributed by atoms with E-state index in [9.17, 15) is 0 Å². The van der Waals surface area contributed by atoms with Gasteiger partial charge in [-0.05, 0) is 31.5 Å². The molecule has 0 bridgehead atoms. The molecule has 2 N–H and O–H groups in total. The highest BCUT2D eigenvalue weighted by Crippen LogP contribution is 2.17. The van der Waals surface area contributed by atoms with Crippen LogP contribution in [0.25, 0.3) is 10.9 Å². The standard InChI is InChI=1S/C16H20N4/c1-2-20-12-13(10-19-20)9-17-8-7-14-11-18-16-6-4-3-5-15(14)16/h3-6,10-12,17-18H,2,7-9H2,1H3. The first-order valence-corrected chi connectivity index (χ1v) is 7.14. The van der Waals surface area contributed by atoms with Gasteiger partial charge in [-0.2, -0.15) is 5.10 Å². The second-order valence-corrected chi connectivity index (χ2v) is 4.99. The maximum Gasteiger partial charge on any atom is 0.0534 e. The van der Waals surface area contributed by atoms with Crippen LogP contribution in [0.5, 0.6) is 0 Å². The van der Waals surface area contributed by atoms with Crippen molar-refractivity contribution in [2.75, 3.05) is 6.54 Å². The van der Waals surface area contributed by atoms with Gasteiger partial charge in [0.1, 0.15) is 0 Å². The summed E-state index contributed by atoms with van der Waals surface area (Å²) in [6.45, 7) is 4.87. The summed E-state index contributed by atoms with van der Waals surface area (Å²) in [5.74, 6) is 0. The van der Waals surface area contributed by atoms with Gasteiger partial charge < -0.3 is 10.3 Å². The van der Waals surface area contributed by atoms with Crippen molar-refractivity contribution >= 4 is 10.9 Å². The summed E-state index contributed by atoms with van der Waals surface area (Å²) in [6.07, 6.45) is 7.17. The number of fused-ring (bicyclic) bond motifs is 1. The third kappa shape index (κ3) is 2.75. The minimum absolute atomic E-state index is 0.877. The molecule has 0 fully saturated rings. The van der Waals surface area contributed by atoms with Crippen LogP contribution in [-0.2, 0) is 19.5 Å². The van der Waals surface area contributed by atoms with Crippen molar-refractivity contribution in [3.8, 4) is 0 Å². The van der Waals surface area contributed by atoms with Crippen molar-refractivity contribution in [2.45, 2.75) is 26.4 Å². The van der Waals surface area contributed by atoms with Gasteiger partial charge in [0.15, 0.2) is 0 Å². The molecule has 20 heavy (non-hydrogen) atoms. The Hall–Kier alpha value is -2.07. The van der Waals surface area contributed by atoms with Crippen LogP contribution in [0, 0.1) is 0 Å². The Kier molecular flexibility index (Phi) is 3.83. The Labute approximate surface area is 118 Å². The van der Waals surface area contributed by atoms with Crippen LogP contribution in [0.15, 0.2) is 42.9 Å². The molecule has 0 unspecified atom stereocenters. The molecule has 0 amide bonds. The zero-order valence-electron chi connectivity index (χ0n) is 11.8. The fourth-order valence-electron chi connectivity index (χ4n) is 2.46. The van der Waals surface area contributed by atoms with E-state index in [4.69, 9.17) is 0 Å². The highest BCUT2D eigenvalue weighted by molar-refractivity contribution is 5.83. The number of para-hydroxylation sites is 1. The maximum atomic E-state index is 4.28. The Morgan fingerprint density at radius 1 is 1.30 bits per heavy atom. The lowest BCUT2D eigenvalue weighted by Gasteiger charge is -2.02. The molecule has 0 atom stereocenters. The molecule has 0 spiro atoms. The van der Waals surface area contributed by atoms with Gasteiger partial charge in [-0.25, -0.2) is 0 Å². The second kappa shape index (κ2) is 5.92. The van der Waals surface area contributed by atoms with Crippen molar-refractivity contribution in [2.24, 2.45) is 0 Å². The van der Waals surface area contributed by atoms with Crippen molar-refractivity contribution in [1.82, 2.24) is 20.1 Å². The summed E-state index contributed by atoms with van der Waals surface area (Å²) >= 11 is 0. The number of H-pyrrole nitrogens is 1. The van der Waals surface area contributed by atoms with Gasteiger partial charge in [0.05, 0.1) is 6.20 Å². The van der Waals surface area contributed by atoms with Crippen molar-refractivity contribution in [3.63, 3.8) is 0 Å². The molecule has 4 nitrogen and oxygen atoms in total. The molecule has 0 aliphatic heterocycles. The van der Waals surface area contributed by atoms with Crippen LogP contribution in [0.3, 0.4) is 0 Å². The zero-order chi connectivity index (χ0) is 13.8. The predicted molar refractivity (Wildman–Crippen MR) is 81.6 cm³/mol. The van der Waals surface area contributed by atoms with Gasteiger partial charge in [-0.1, -0.05) is 18.2 Å². The maximum absolute atomic E-state index is 4.28.